The van der Waals surface area contributed by atoms with Crippen LogP contribution in [0.4, 0.5) is 0 Å². The van der Waals surface area contributed by atoms with Crippen LogP contribution in [0.1, 0.15) is 85.0 Å². The minimum absolute atomic E-state index is 0.0148. The molecule has 0 saturated carbocycles. The predicted molar refractivity (Wildman–Crippen MR) is 219 cm³/mol. The molecule has 2 amide bonds. The fourth-order valence-corrected chi connectivity index (χ4v) is 6.68. The van der Waals surface area contributed by atoms with Gasteiger partial charge in [0.25, 0.3) is 16.3 Å². The molecule has 0 saturated heterocycles. The molecule has 0 spiro atoms. The van der Waals surface area contributed by atoms with Crippen molar-refractivity contribution in [1.29, 1.82) is 0 Å². The van der Waals surface area contributed by atoms with Crippen LogP contribution in [0.2, 0.25) is 0 Å². The summed E-state index contributed by atoms with van der Waals surface area (Å²) in [7, 11) is 2.88. The second kappa shape index (κ2) is 20.2. The lowest BCUT2D eigenvalue weighted by Crippen LogP contribution is -2.43. The largest absolute Gasteiger partial charge is 0.509 e. The average molecular weight is 791 g/mol. The Bertz CT molecular complexity index is 1710. The standard InChI is InChI=1S/C20H27NO4S.C18H25NO3.C2H3ClOS/c1-7-24-9-8-20(5)17(25-19(26)23-6)16(18(22)21-20)15-13(3)10-12(2)11-14(15)4;1-6-22-8-7-18(5)16(20)15(17(21)19-18)14-12(3)9-11(2)10-13(14)4;1-4-2(3)5/h10-11H,7-9H2,1-6H3,(H,21,22);9-10,20H,6-8H2,1-5H3,(H,19,21);1H3. The smallest absolute Gasteiger partial charge is 0.357 e. The number of benzene rings is 2. The van der Waals surface area contributed by atoms with E-state index in [1.54, 1.807) is 0 Å². The van der Waals surface area contributed by atoms with Gasteiger partial charge in [0.15, 0.2) is 0 Å². The highest BCUT2D eigenvalue weighted by molar-refractivity contribution is 7.82. The van der Waals surface area contributed by atoms with E-state index in [1.165, 1.54) is 14.2 Å². The Morgan fingerprint density at radius 2 is 1.09 bits per heavy atom. The minimum atomic E-state index is -0.759. The van der Waals surface area contributed by atoms with Crippen LogP contribution in [0.25, 0.3) is 11.1 Å². The molecular formula is C40H55ClN2O8S2. The second-order valence-corrected chi connectivity index (χ2v) is 14.7. The molecule has 0 aromatic heterocycles. The van der Waals surface area contributed by atoms with E-state index < -0.39 is 11.1 Å². The van der Waals surface area contributed by atoms with E-state index in [1.807, 2.05) is 81.4 Å². The topological polar surface area (TPSA) is 125 Å². The van der Waals surface area contributed by atoms with Crippen LogP contribution in [0.15, 0.2) is 35.8 Å². The molecule has 0 bridgehead atoms. The molecule has 0 radical (unpaired) electrons. The fraction of sp³-hybridized carbons (Fsp3) is 0.500. The molecule has 2 aromatic rings. The van der Waals surface area contributed by atoms with E-state index in [0.717, 1.165) is 44.5 Å². The first-order valence-corrected chi connectivity index (χ1v) is 18.6. The van der Waals surface area contributed by atoms with Crippen LogP contribution in [-0.4, -0.2) is 78.4 Å². The monoisotopic (exact) mass is 790 g/mol. The number of aliphatic hydroxyl groups excluding tert-OH is 1. The van der Waals surface area contributed by atoms with Crippen LogP contribution in [-0.2, 0) is 33.3 Å². The van der Waals surface area contributed by atoms with E-state index in [4.69, 9.17) is 42.8 Å². The van der Waals surface area contributed by atoms with Crippen molar-refractivity contribution in [3.63, 3.8) is 0 Å². The Morgan fingerprint density at radius 1 is 0.717 bits per heavy atom. The van der Waals surface area contributed by atoms with Gasteiger partial charge in [0.2, 0.25) is 0 Å². The van der Waals surface area contributed by atoms with E-state index in [0.29, 0.717) is 56.2 Å². The quantitative estimate of drug-likeness (QED) is 0.117. The van der Waals surface area contributed by atoms with Crippen LogP contribution in [0.5, 0.6) is 0 Å². The maximum absolute atomic E-state index is 12.9. The van der Waals surface area contributed by atoms with E-state index >= 15 is 0 Å². The summed E-state index contributed by atoms with van der Waals surface area (Å²) in [5.41, 5.74) is 7.49. The highest BCUT2D eigenvalue weighted by Crippen LogP contribution is 2.40. The van der Waals surface area contributed by atoms with Gasteiger partial charge in [0.1, 0.15) is 11.5 Å². The molecule has 2 aliphatic heterocycles. The van der Waals surface area contributed by atoms with Gasteiger partial charge in [-0.05, 0) is 126 Å². The summed E-state index contributed by atoms with van der Waals surface area (Å²) in [4.78, 5) is 25.4. The Balaban J connectivity index is 0.000000329. The maximum Gasteiger partial charge on any atom is 0.357 e. The van der Waals surface area contributed by atoms with Gasteiger partial charge in [-0.3, -0.25) is 9.59 Å². The number of methoxy groups -OCH3 is 2. The second-order valence-electron chi connectivity index (χ2n) is 13.4. The number of ether oxygens (including phenoxy) is 5. The Kier molecular flexibility index (Phi) is 17.4. The first-order chi connectivity index (χ1) is 24.8. The van der Waals surface area contributed by atoms with Crippen molar-refractivity contribution >= 4 is 68.7 Å². The molecule has 0 aliphatic carbocycles. The predicted octanol–water partition coefficient (Wildman–Crippen LogP) is 7.94. The molecule has 2 heterocycles. The van der Waals surface area contributed by atoms with Gasteiger partial charge >= 0.3 is 5.24 Å². The number of thiocarbonyl (C=S) groups is 2. The number of nitrogens with one attached hydrogen (secondary N) is 2. The molecule has 292 valence electrons. The lowest BCUT2D eigenvalue weighted by atomic mass is 9.90. The number of aryl methyl sites for hydroxylation is 6. The molecule has 3 N–H and O–H groups in total. The average Bonchev–Trinajstić information content (AvgIpc) is 3.43. The third-order valence-electron chi connectivity index (χ3n) is 8.99. The van der Waals surface area contributed by atoms with Crippen LogP contribution >= 0.6 is 36.0 Å². The van der Waals surface area contributed by atoms with Gasteiger partial charge in [-0.25, -0.2) is 0 Å². The fourth-order valence-electron chi connectivity index (χ4n) is 6.60. The van der Waals surface area contributed by atoms with Gasteiger partial charge in [-0.15, -0.1) is 0 Å². The molecule has 10 nitrogen and oxygen atoms in total. The van der Waals surface area contributed by atoms with Crippen molar-refractivity contribution in [3.05, 3.63) is 80.3 Å². The zero-order chi connectivity index (χ0) is 40.3. The van der Waals surface area contributed by atoms with Crippen molar-refractivity contribution in [2.24, 2.45) is 0 Å². The van der Waals surface area contributed by atoms with Gasteiger partial charge < -0.3 is 39.4 Å². The molecule has 2 aromatic carbocycles. The lowest BCUT2D eigenvalue weighted by Gasteiger charge is -2.27. The summed E-state index contributed by atoms with van der Waals surface area (Å²) in [5, 5.41) is 16.6. The van der Waals surface area contributed by atoms with Crippen molar-refractivity contribution in [3.8, 4) is 0 Å². The SMILES string of the molecule is CCOCCC1(C)NC(=O)C(c2c(C)cc(C)cc2C)=C1O.CCOCCC1(C)NC(=O)C(c2c(C)cc(C)cc2C)=C1OC(=S)OC.COC(=S)Cl. The number of halogens is 1. The van der Waals surface area contributed by atoms with E-state index in [2.05, 4.69) is 39.7 Å². The first-order valence-electron chi connectivity index (χ1n) is 17.4. The van der Waals surface area contributed by atoms with Gasteiger partial charge in [0.05, 0.1) is 36.4 Å². The summed E-state index contributed by atoms with van der Waals surface area (Å²) < 4.78 is 26.0. The van der Waals surface area contributed by atoms with Gasteiger partial charge in [-0.2, -0.15) is 0 Å². The molecule has 13 heteroatoms. The van der Waals surface area contributed by atoms with E-state index in [9.17, 15) is 14.7 Å². The van der Waals surface area contributed by atoms with Crippen LogP contribution in [0, 0.1) is 41.5 Å². The number of hydrogen-bond donors (Lipinski definition) is 3. The zero-order valence-corrected chi connectivity index (χ0v) is 35.4. The number of carbonyl (C=O) groups is 2. The van der Waals surface area contributed by atoms with Gasteiger partial charge in [-0.1, -0.05) is 35.4 Å². The summed E-state index contributed by atoms with van der Waals surface area (Å²) in [5.74, 6) is 0.218. The van der Waals surface area contributed by atoms with Crippen molar-refractivity contribution in [2.45, 2.75) is 93.2 Å². The van der Waals surface area contributed by atoms with Crippen molar-refractivity contribution < 1.29 is 38.4 Å². The highest BCUT2D eigenvalue weighted by Gasteiger charge is 2.45. The maximum atomic E-state index is 12.9. The minimum Gasteiger partial charge on any atom is -0.509 e. The molecule has 2 aliphatic rings. The third kappa shape index (κ3) is 11.7. The summed E-state index contributed by atoms with van der Waals surface area (Å²) in [6.07, 6.45) is 1.12. The van der Waals surface area contributed by atoms with Crippen LogP contribution < -0.4 is 10.6 Å². The number of rotatable bonds is 11. The van der Waals surface area contributed by atoms with Gasteiger partial charge in [0, 0.05) is 51.5 Å². The summed E-state index contributed by atoms with van der Waals surface area (Å²) >= 11 is 14.3. The Labute approximate surface area is 330 Å². The number of aliphatic hydroxyl groups is 1. The molecule has 2 unspecified atom stereocenters. The first kappa shape index (κ1) is 45.6. The Morgan fingerprint density at radius 3 is 1.49 bits per heavy atom. The normalized spacial score (nSPS) is 19.1. The molecule has 2 atom stereocenters. The molecule has 4 rings (SSSR count). The lowest BCUT2D eigenvalue weighted by molar-refractivity contribution is -0.117. The summed E-state index contributed by atoms with van der Waals surface area (Å²) in [6.45, 7) is 21.9. The number of amides is 2. The van der Waals surface area contributed by atoms with Crippen molar-refractivity contribution in [1.82, 2.24) is 10.6 Å². The third-order valence-corrected chi connectivity index (χ3v) is 9.56. The number of hydrogen-bond acceptors (Lipinski definition) is 10. The number of carbonyl (C=O) groups excluding carboxylic acids is 2. The van der Waals surface area contributed by atoms with Crippen LogP contribution in [0.3, 0.4) is 0 Å². The highest BCUT2D eigenvalue weighted by atomic mass is 35.5. The molecule has 0 fully saturated rings. The molecular weight excluding hydrogens is 736 g/mol. The summed E-state index contributed by atoms with van der Waals surface area (Å²) in [6, 6.07) is 8.19. The zero-order valence-electron chi connectivity index (χ0n) is 33.1. The van der Waals surface area contributed by atoms with Crippen molar-refractivity contribution in [2.75, 3.05) is 40.6 Å². The van der Waals surface area contributed by atoms with E-state index in [-0.39, 0.29) is 27.3 Å². The molecule has 53 heavy (non-hydrogen) atoms. The Hall–Kier alpha value is -3.55.